The number of likely N-dealkylation sites (tertiary alicyclic amines) is 1. The zero-order valence-corrected chi connectivity index (χ0v) is 12.9. The van der Waals surface area contributed by atoms with Gasteiger partial charge in [-0.05, 0) is 37.8 Å². The van der Waals surface area contributed by atoms with Gasteiger partial charge in [0.05, 0.1) is 18.7 Å². The molecule has 1 saturated heterocycles. The third-order valence-corrected chi connectivity index (χ3v) is 4.73. The Morgan fingerprint density at radius 1 is 1.36 bits per heavy atom. The van der Waals surface area contributed by atoms with Gasteiger partial charge in [-0.2, -0.15) is 4.98 Å². The first-order valence-corrected chi connectivity index (χ1v) is 7.91. The van der Waals surface area contributed by atoms with Crippen LogP contribution in [0.25, 0.3) is 0 Å². The highest BCUT2D eigenvalue weighted by atomic mass is 16.5. The largest absolute Gasteiger partial charge is 0.464 e. The topological polar surface area (TPSA) is 75.5 Å². The average molecular weight is 303 g/mol. The molecule has 0 spiro atoms. The minimum Gasteiger partial charge on any atom is -0.464 e. The summed E-state index contributed by atoms with van der Waals surface area (Å²) in [7, 11) is 0. The van der Waals surface area contributed by atoms with Crippen molar-refractivity contribution < 1.29 is 14.0 Å². The van der Waals surface area contributed by atoms with Crippen molar-refractivity contribution in [3.05, 3.63) is 35.4 Å². The number of aliphatic hydroxyl groups is 1. The van der Waals surface area contributed by atoms with Crippen LogP contribution in [0, 0.1) is 12.8 Å². The molecule has 6 heteroatoms. The van der Waals surface area contributed by atoms with Crippen LogP contribution in [-0.4, -0.2) is 32.8 Å². The van der Waals surface area contributed by atoms with Crippen LogP contribution in [-0.2, 0) is 6.54 Å². The Balaban J connectivity index is 1.49. The summed E-state index contributed by atoms with van der Waals surface area (Å²) in [6, 6.07) is 4.09. The third kappa shape index (κ3) is 2.57. The molecular weight excluding hydrogens is 282 g/mol. The highest BCUT2D eigenvalue weighted by Crippen LogP contribution is 2.47. The average Bonchev–Trinajstić information content (AvgIpc) is 2.89. The summed E-state index contributed by atoms with van der Waals surface area (Å²) in [6.07, 6.45) is 1.48. The minimum atomic E-state index is -0.366. The number of rotatable bonds is 4. The van der Waals surface area contributed by atoms with Gasteiger partial charge in [-0.1, -0.05) is 12.1 Å². The van der Waals surface area contributed by atoms with Crippen molar-refractivity contribution >= 4 is 0 Å². The van der Waals surface area contributed by atoms with Gasteiger partial charge in [0, 0.05) is 12.5 Å². The van der Waals surface area contributed by atoms with Crippen LogP contribution >= 0.6 is 0 Å². The van der Waals surface area contributed by atoms with Crippen LogP contribution < -0.4 is 0 Å². The summed E-state index contributed by atoms with van der Waals surface area (Å²) < 4.78 is 11.3. The summed E-state index contributed by atoms with van der Waals surface area (Å²) in [5.41, 5.74) is 0. The molecule has 0 aromatic carbocycles. The summed E-state index contributed by atoms with van der Waals surface area (Å²) >= 11 is 0. The van der Waals surface area contributed by atoms with E-state index < -0.39 is 0 Å². The number of aliphatic hydroxyl groups excluding tert-OH is 1. The molecule has 2 aromatic heterocycles. The first kappa shape index (κ1) is 14.0. The molecule has 1 N–H and O–H groups in total. The molecular formula is C16H21N3O3. The van der Waals surface area contributed by atoms with Gasteiger partial charge in [-0.15, -0.1) is 0 Å². The molecule has 1 saturated carbocycles. The number of hydrogen-bond donors (Lipinski definition) is 1. The van der Waals surface area contributed by atoms with Gasteiger partial charge in [0.1, 0.15) is 11.5 Å². The van der Waals surface area contributed by atoms with Crippen molar-refractivity contribution in [1.29, 1.82) is 0 Å². The molecule has 4 atom stereocenters. The minimum absolute atomic E-state index is 0.0374. The summed E-state index contributed by atoms with van der Waals surface area (Å²) in [5.74, 6) is 4.56. The lowest BCUT2D eigenvalue weighted by molar-refractivity contribution is 0.162. The Morgan fingerprint density at radius 3 is 2.86 bits per heavy atom. The molecule has 6 nitrogen and oxygen atoms in total. The SMILES string of the molecule is Cc1noc([C@H]2C[C@@H](O)CN2Cc2ccc([C@@H]3C[C@@H]3C)o2)n1. The number of furan rings is 1. The molecule has 2 fully saturated rings. The molecule has 0 bridgehead atoms. The predicted molar refractivity (Wildman–Crippen MR) is 78.0 cm³/mol. The predicted octanol–water partition coefficient (Wildman–Crippen LogP) is 2.40. The molecule has 1 aliphatic heterocycles. The maximum Gasteiger partial charge on any atom is 0.244 e. The van der Waals surface area contributed by atoms with E-state index in [4.69, 9.17) is 8.94 Å². The molecule has 4 rings (SSSR count). The van der Waals surface area contributed by atoms with Gasteiger partial charge in [0.2, 0.25) is 5.89 Å². The maximum absolute atomic E-state index is 9.99. The molecule has 0 amide bonds. The van der Waals surface area contributed by atoms with Crippen molar-refractivity contribution in [3.8, 4) is 0 Å². The second-order valence-electron chi connectivity index (χ2n) is 6.64. The Labute approximate surface area is 129 Å². The van der Waals surface area contributed by atoms with Crippen LogP contribution in [0.2, 0.25) is 0 Å². The molecule has 118 valence electrons. The van der Waals surface area contributed by atoms with E-state index in [1.807, 2.05) is 6.07 Å². The number of aryl methyl sites for hydroxylation is 1. The lowest BCUT2D eigenvalue weighted by atomic mass is 10.2. The Kier molecular flexibility index (Phi) is 3.31. The van der Waals surface area contributed by atoms with Gasteiger partial charge in [0.25, 0.3) is 0 Å². The van der Waals surface area contributed by atoms with Crippen molar-refractivity contribution in [3.63, 3.8) is 0 Å². The van der Waals surface area contributed by atoms with E-state index in [1.165, 1.54) is 6.42 Å². The van der Waals surface area contributed by atoms with Gasteiger partial charge in [-0.25, -0.2) is 0 Å². The third-order valence-electron chi connectivity index (χ3n) is 4.73. The van der Waals surface area contributed by atoms with Gasteiger partial charge in [-0.3, -0.25) is 4.90 Å². The van der Waals surface area contributed by atoms with E-state index in [9.17, 15) is 5.11 Å². The van der Waals surface area contributed by atoms with Crippen LogP contribution in [0.15, 0.2) is 21.1 Å². The Hall–Kier alpha value is -1.66. The van der Waals surface area contributed by atoms with Crippen LogP contribution in [0.3, 0.4) is 0 Å². The number of aromatic nitrogens is 2. The monoisotopic (exact) mass is 303 g/mol. The zero-order chi connectivity index (χ0) is 15.3. The molecule has 1 aliphatic carbocycles. The fraction of sp³-hybridized carbons (Fsp3) is 0.625. The zero-order valence-electron chi connectivity index (χ0n) is 12.9. The fourth-order valence-corrected chi connectivity index (χ4v) is 3.36. The quantitative estimate of drug-likeness (QED) is 0.934. The normalized spacial score (nSPS) is 31.8. The highest BCUT2D eigenvalue weighted by Gasteiger charge is 2.38. The first-order chi connectivity index (χ1) is 10.6. The van der Waals surface area contributed by atoms with Crippen molar-refractivity contribution in [2.45, 2.75) is 51.3 Å². The number of nitrogens with zero attached hydrogens (tertiary/aromatic N) is 3. The summed E-state index contributed by atoms with van der Waals surface area (Å²) in [5, 5.41) is 13.8. The number of β-amino-alcohol motifs (C(OH)–C–C–N with tert-alkyl or cyclic N) is 1. The lowest BCUT2D eigenvalue weighted by Crippen LogP contribution is -2.24. The lowest BCUT2D eigenvalue weighted by Gasteiger charge is -2.19. The molecule has 2 aromatic rings. The summed E-state index contributed by atoms with van der Waals surface area (Å²) in [6.45, 7) is 5.31. The molecule has 22 heavy (non-hydrogen) atoms. The Bertz CT molecular complexity index is 665. The van der Waals surface area contributed by atoms with E-state index in [0.717, 1.165) is 17.4 Å². The molecule has 0 radical (unpaired) electrons. The van der Waals surface area contributed by atoms with Crippen LogP contribution in [0.1, 0.15) is 55.0 Å². The molecule has 2 aliphatic rings. The van der Waals surface area contributed by atoms with E-state index in [2.05, 4.69) is 28.0 Å². The fourth-order valence-electron chi connectivity index (χ4n) is 3.36. The first-order valence-electron chi connectivity index (χ1n) is 7.91. The highest BCUT2D eigenvalue weighted by molar-refractivity contribution is 5.18. The second-order valence-corrected chi connectivity index (χ2v) is 6.64. The van der Waals surface area contributed by atoms with Crippen LogP contribution in [0.4, 0.5) is 0 Å². The van der Waals surface area contributed by atoms with Crippen molar-refractivity contribution in [2.75, 3.05) is 6.54 Å². The van der Waals surface area contributed by atoms with Crippen molar-refractivity contribution in [1.82, 2.24) is 15.0 Å². The van der Waals surface area contributed by atoms with Gasteiger partial charge in [0.15, 0.2) is 5.82 Å². The number of hydrogen-bond acceptors (Lipinski definition) is 6. The Morgan fingerprint density at radius 2 is 2.18 bits per heavy atom. The van der Waals surface area contributed by atoms with Crippen LogP contribution in [0.5, 0.6) is 0 Å². The van der Waals surface area contributed by atoms with E-state index in [-0.39, 0.29) is 12.1 Å². The van der Waals surface area contributed by atoms with Crippen molar-refractivity contribution in [2.24, 2.45) is 5.92 Å². The van der Waals surface area contributed by atoms with Gasteiger partial charge >= 0.3 is 0 Å². The standard InChI is InChI=1S/C16H21N3O3/c1-9-5-13(9)15-4-3-12(21-15)8-19-7-11(20)6-14(19)16-17-10(2)18-22-16/h3-4,9,11,13-14,20H,5-8H2,1-2H3/t9-,11+,13+,14+/m0/s1. The maximum atomic E-state index is 9.99. The van der Waals surface area contributed by atoms with E-state index in [0.29, 0.717) is 37.1 Å². The molecule has 3 heterocycles. The molecule has 0 unspecified atom stereocenters. The van der Waals surface area contributed by atoms with E-state index in [1.54, 1.807) is 6.92 Å². The van der Waals surface area contributed by atoms with Gasteiger partial charge < -0.3 is 14.0 Å². The second kappa shape index (κ2) is 5.21. The smallest absolute Gasteiger partial charge is 0.244 e. The van der Waals surface area contributed by atoms with E-state index >= 15 is 0 Å². The summed E-state index contributed by atoms with van der Waals surface area (Å²) in [4.78, 5) is 6.46.